The van der Waals surface area contributed by atoms with E-state index in [4.69, 9.17) is 5.73 Å². The van der Waals surface area contributed by atoms with Crippen LogP contribution < -0.4 is 5.73 Å². The number of aliphatic hydroxyl groups is 3. The van der Waals surface area contributed by atoms with E-state index in [-0.39, 0.29) is 5.25 Å². The quantitative estimate of drug-likeness (QED) is 0.354. The summed E-state index contributed by atoms with van der Waals surface area (Å²) < 4.78 is 0. The molecule has 2 aromatic carbocycles. The van der Waals surface area contributed by atoms with E-state index in [0.717, 1.165) is 37.8 Å². The van der Waals surface area contributed by atoms with Crippen LogP contribution in [0.2, 0.25) is 0 Å². The van der Waals surface area contributed by atoms with Crippen LogP contribution in [-0.2, 0) is 12.8 Å². The molecule has 1 aliphatic heterocycles. The molecule has 29 heavy (non-hydrogen) atoms. The van der Waals surface area contributed by atoms with Crippen LogP contribution >= 0.6 is 10.9 Å². The average molecular weight is 418 g/mol. The van der Waals surface area contributed by atoms with Gasteiger partial charge in [0.05, 0.1) is 12.2 Å². The van der Waals surface area contributed by atoms with E-state index in [1.54, 1.807) is 0 Å². The lowest BCUT2D eigenvalue weighted by atomic mass is 9.93. The van der Waals surface area contributed by atoms with E-state index in [2.05, 4.69) is 55.6 Å². The second kappa shape index (κ2) is 10.1. The molecule has 5 atom stereocenters. The van der Waals surface area contributed by atoms with Gasteiger partial charge in [0, 0.05) is 11.0 Å². The first kappa shape index (κ1) is 22.3. The molecule has 0 spiro atoms. The van der Waals surface area contributed by atoms with Crippen molar-refractivity contribution in [1.82, 2.24) is 0 Å². The Balaban J connectivity index is 1.75. The molecule has 1 unspecified atom stereocenters. The summed E-state index contributed by atoms with van der Waals surface area (Å²) in [6.45, 7) is 2.87. The molecule has 5 N–H and O–H groups in total. The highest BCUT2D eigenvalue weighted by Crippen LogP contribution is 2.48. The predicted octanol–water partition coefficient (Wildman–Crippen LogP) is 2.64. The average Bonchev–Trinajstić information content (AvgIpc) is 2.70. The summed E-state index contributed by atoms with van der Waals surface area (Å²) in [5.74, 6) is 0.563. The highest BCUT2D eigenvalue weighted by Gasteiger charge is 2.40. The van der Waals surface area contributed by atoms with Crippen molar-refractivity contribution >= 4 is 10.9 Å². The lowest BCUT2D eigenvalue weighted by molar-refractivity contribution is -0.0561. The van der Waals surface area contributed by atoms with Crippen molar-refractivity contribution in [1.29, 1.82) is 0 Å². The van der Waals surface area contributed by atoms with E-state index >= 15 is 0 Å². The number of unbranched alkanes of at least 4 members (excludes halogenated alkanes) is 1. The molecule has 160 valence electrons. The number of thiol groups is 1. The lowest BCUT2D eigenvalue weighted by Gasteiger charge is -2.42. The number of aliphatic hydroxyl groups excluding tert-OH is 3. The molecule has 0 saturated carbocycles. The van der Waals surface area contributed by atoms with E-state index in [9.17, 15) is 15.3 Å². The minimum absolute atomic E-state index is 0.104. The smallest absolute Gasteiger partial charge is 0.108 e. The van der Waals surface area contributed by atoms with E-state index < -0.39 is 29.2 Å². The fourth-order valence-electron chi connectivity index (χ4n) is 4.23. The molecule has 5 heteroatoms. The Kier molecular flexibility index (Phi) is 7.77. The first-order chi connectivity index (χ1) is 13.9. The molecule has 0 bridgehead atoms. The summed E-state index contributed by atoms with van der Waals surface area (Å²) in [5, 5.41) is 30.6. The molecule has 3 rings (SSSR count). The zero-order chi connectivity index (χ0) is 21.0. The minimum Gasteiger partial charge on any atom is -0.390 e. The van der Waals surface area contributed by atoms with Gasteiger partial charge in [-0.25, -0.2) is 10.9 Å². The van der Waals surface area contributed by atoms with Crippen LogP contribution in [0.3, 0.4) is 0 Å². The van der Waals surface area contributed by atoms with Gasteiger partial charge in [0.15, 0.2) is 0 Å². The zero-order valence-electron chi connectivity index (χ0n) is 17.5. The van der Waals surface area contributed by atoms with E-state index in [0.29, 0.717) is 5.75 Å². The second-order valence-electron chi connectivity index (χ2n) is 8.36. The van der Waals surface area contributed by atoms with Gasteiger partial charge in [0.25, 0.3) is 0 Å². The SMILES string of the molecule is Cc1ccc([C@H]2[C@H](O)[C@H](O)[C@H](O)C[SH]2C)cc1Cc1ccc(CCCCN)cc1. The van der Waals surface area contributed by atoms with Gasteiger partial charge in [-0.15, -0.1) is 0 Å². The van der Waals surface area contributed by atoms with Crippen LogP contribution in [-0.4, -0.2) is 52.2 Å². The third-order valence-corrected chi connectivity index (χ3v) is 8.57. The van der Waals surface area contributed by atoms with Gasteiger partial charge in [-0.1, -0.05) is 42.5 Å². The number of nitrogens with two attached hydrogens (primary N) is 1. The van der Waals surface area contributed by atoms with E-state index in [1.807, 2.05) is 0 Å². The van der Waals surface area contributed by atoms with Crippen molar-refractivity contribution in [3.63, 3.8) is 0 Å². The summed E-state index contributed by atoms with van der Waals surface area (Å²) in [4.78, 5) is 0. The van der Waals surface area contributed by atoms with Crippen molar-refractivity contribution in [2.45, 2.75) is 56.2 Å². The van der Waals surface area contributed by atoms with Gasteiger partial charge in [-0.05, 0) is 73.2 Å². The Bertz CT molecular complexity index is 795. The minimum atomic E-state index is -1.07. The molecule has 1 fully saturated rings. The summed E-state index contributed by atoms with van der Waals surface area (Å²) >= 11 is 0. The molecule has 4 nitrogen and oxygen atoms in total. The molecule has 0 amide bonds. The Labute approximate surface area is 177 Å². The van der Waals surface area contributed by atoms with Gasteiger partial charge in [-0.2, -0.15) is 0 Å². The van der Waals surface area contributed by atoms with Gasteiger partial charge in [-0.3, -0.25) is 0 Å². The molecule has 0 radical (unpaired) electrons. The van der Waals surface area contributed by atoms with Crippen molar-refractivity contribution in [2.24, 2.45) is 5.73 Å². The molecule has 0 aliphatic carbocycles. The van der Waals surface area contributed by atoms with Gasteiger partial charge >= 0.3 is 0 Å². The monoisotopic (exact) mass is 417 g/mol. The summed E-state index contributed by atoms with van der Waals surface area (Å²) in [6.07, 6.45) is 3.38. The highest BCUT2D eigenvalue weighted by molar-refractivity contribution is 8.16. The number of benzene rings is 2. The first-order valence-corrected chi connectivity index (χ1v) is 12.6. The first-order valence-electron chi connectivity index (χ1n) is 10.5. The fraction of sp³-hybridized carbons (Fsp3) is 0.500. The van der Waals surface area contributed by atoms with Crippen molar-refractivity contribution in [3.05, 3.63) is 70.3 Å². The highest BCUT2D eigenvalue weighted by atomic mass is 32.2. The van der Waals surface area contributed by atoms with Crippen LogP contribution in [0, 0.1) is 6.92 Å². The summed E-state index contributed by atoms with van der Waals surface area (Å²) in [6, 6.07) is 15.2. The van der Waals surface area contributed by atoms with Gasteiger partial charge < -0.3 is 21.1 Å². The summed E-state index contributed by atoms with van der Waals surface area (Å²) in [7, 11) is -0.599. The molecule has 0 aromatic heterocycles. The largest absolute Gasteiger partial charge is 0.390 e. The third kappa shape index (κ3) is 5.41. The maximum atomic E-state index is 10.6. The van der Waals surface area contributed by atoms with Gasteiger partial charge in [0.1, 0.15) is 6.10 Å². The Morgan fingerprint density at radius 1 is 0.966 bits per heavy atom. The van der Waals surface area contributed by atoms with Crippen LogP contribution in [0.15, 0.2) is 42.5 Å². The molecule has 1 heterocycles. The van der Waals surface area contributed by atoms with Crippen molar-refractivity contribution < 1.29 is 15.3 Å². The molecule has 1 aliphatic rings. The fourth-order valence-corrected chi connectivity index (χ4v) is 6.63. The second-order valence-corrected chi connectivity index (χ2v) is 10.8. The Morgan fingerprint density at radius 2 is 1.66 bits per heavy atom. The normalized spacial score (nSPS) is 28.4. The predicted molar refractivity (Wildman–Crippen MR) is 123 cm³/mol. The molecular formula is C24H35NO3S. The lowest BCUT2D eigenvalue weighted by Crippen LogP contribution is -2.47. The molecule has 2 aromatic rings. The Hall–Kier alpha value is -1.37. The zero-order valence-corrected chi connectivity index (χ0v) is 18.4. The molecule has 1 saturated heterocycles. The summed E-state index contributed by atoms with van der Waals surface area (Å²) in [5.41, 5.74) is 11.7. The van der Waals surface area contributed by atoms with Crippen LogP contribution in [0.1, 0.15) is 45.9 Å². The van der Waals surface area contributed by atoms with Crippen LogP contribution in [0.5, 0.6) is 0 Å². The standard InChI is InChI=1S/C24H35NO3S/c1-16-6-11-19(24-23(28)22(27)21(26)15-29(24)2)14-20(16)13-18-9-7-17(8-10-18)5-3-4-12-25/h6-11,14,21-24,26-29H,3-5,12-13,15,25H2,1-2H3/t21-,22-,23-,24+/m1/s1. The van der Waals surface area contributed by atoms with Crippen molar-refractivity contribution in [3.8, 4) is 0 Å². The number of aryl methyl sites for hydroxylation is 2. The number of hydrogen-bond donors (Lipinski definition) is 5. The van der Waals surface area contributed by atoms with Gasteiger partial charge in [0.2, 0.25) is 0 Å². The number of hydrogen-bond acceptors (Lipinski definition) is 4. The maximum Gasteiger partial charge on any atom is 0.108 e. The van der Waals surface area contributed by atoms with E-state index in [1.165, 1.54) is 22.3 Å². The van der Waals surface area contributed by atoms with Crippen LogP contribution in [0.25, 0.3) is 0 Å². The van der Waals surface area contributed by atoms with Crippen LogP contribution in [0.4, 0.5) is 0 Å². The van der Waals surface area contributed by atoms with Crippen molar-refractivity contribution in [2.75, 3.05) is 18.6 Å². The number of rotatable bonds is 7. The Morgan fingerprint density at radius 3 is 2.34 bits per heavy atom. The third-order valence-electron chi connectivity index (χ3n) is 6.07. The molecular weight excluding hydrogens is 382 g/mol. The maximum absolute atomic E-state index is 10.6. The topological polar surface area (TPSA) is 86.7 Å².